The molecule has 2 atom stereocenters. The Morgan fingerprint density at radius 1 is 1.42 bits per heavy atom. The summed E-state index contributed by atoms with van der Waals surface area (Å²) in [6, 6.07) is 4.76. The third-order valence-corrected chi connectivity index (χ3v) is 5.37. The van der Waals surface area contributed by atoms with Crippen molar-refractivity contribution in [3.63, 3.8) is 0 Å². The Hall–Kier alpha value is -2.15. The molecule has 1 aromatic rings. The minimum absolute atomic E-state index is 0.201. The van der Waals surface area contributed by atoms with Crippen molar-refractivity contribution >= 4 is 17.7 Å². The molecule has 3 aliphatic heterocycles. The fraction of sp³-hybridized carbons (Fsp3) is 0.529. The largest absolute Gasteiger partial charge is 0.447 e. The third kappa shape index (κ3) is 2.11. The topological polar surface area (TPSA) is 59.1 Å². The number of rotatable bonds is 3. The number of imide groups is 1. The first-order chi connectivity index (χ1) is 11.5. The van der Waals surface area contributed by atoms with E-state index >= 15 is 0 Å². The van der Waals surface area contributed by atoms with Crippen molar-refractivity contribution in [2.24, 2.45) is 0 Å². The zero-order chi connectivity index (χ0) is 16.9. The fourth-order valence-corrected chi connectivity index (χ4v) is 4.20. The Morgan fingerprint density at radius 2 is 2.25 bits per heavy atom. The summed E-state index contributed by atoms with van der Waals surface area (Å²) in [5.74, 6) is -0.512. The summed E-state index contributed by atoms with van der Waals surface area (Å²) < 4.78 is 24.3. The van der Waals surface area contributed by atoms with Crippen LogP contribution in [0.25, 0.3) is 0 Å². The fourth-order valence-electron chi connectivity index (χ4n) is 4.20. The predicted octanol–water partition coefficient (Wildman–Crippen LogP) is 2.02. The van der Waals surface area contributed by atoms with Gasteiger partial charge in [-0.25, -0.2) is 14.1 Å². The average molecular weight is 334 g/mol. The Balaban J connectivity index is 1.59. The highest BCUT2D eigenvalue weighted by molar-refractivity contribution is 5.93. The van der Waals surface area contributed by atoms with Crippen molar-refractivity contribution < 1.29 is 23.5 Å². The number of cyclic esters (lactones) is 1. The van der Waals surface area contributed by atoms with E-state index in [0.717, 1.165) is 22.6 Å². The van der Waals surface area contributed by atoms with Crippen LogP contribution in [0.2, 0.25) is 0 Å². The van der Waals surface area contributed by atoms with Crippen LogP contribution in [-0.2, 0) is 19.7 Å². The molecule has 0 N–H and O–H groups in total. The zero-order valence-electron chi connectivity index (χ0n) is 13.5. The first-order valence-electron chi connectivity index (χ1n) is 8.14. The van der Waals surface area contributed by atoms with Crippen molar-refractivity contribution in [2.75, 3.05) is 31.7 Å². The number of halogens is 1. The van der Waals surface area contributed by atoms with Gasteiger partial charge in [-0.3, -0.25) is 4.79 Å². The van der Waals surface area contributed by atoms with Gasteiger partial charge < -0.3 is 14.4 Å². The number of nitrogens with zero attached hydrogens (tertiary/aromatic N) is 2. The number of likely N-dealkylation sites (N-methyl/N-ethyl adjacent to an activating group) is 1. The second-order valence-corrected chi connectivity index (χ2v) is 6.56. The molecule has 3 heterocycles. The smallest absolute Gasteiger partial charge is 0.416 e. The molecule has 0 saturated carbocycles. The first-order valence-corrected chi connectivity index (χ1v) is 8.14. The molecule has 7 heteroatoms. The normalized spacial score (nSPS) is 28.1. The van der Waals surface area contributed by atoms with Crippen LogP contribution in [0, 0.1) is 5.82 Å². The SMILES string of the molecule is CN1c2cc(F)ccc2C2(CCC(=O)N3CCOC3=O)CCOC12. The Bertz CT molecular complexity index is 710. The number of carbonyl (C=O) groups excluding carboxylic acids is 2. The van der Waals surface area contributed by atoms with E-state index in [2.05, 4.69) is 0 Å². The summed E-state index contributed by atoms with van der Waals surface area (Å²) in [6.45, 7) is 1.17. The number of hydrogen-bond donors (Lipinski definition) is 0. The molecule has 128 valence electrons. The average Bonchev–Trinajstić information content (AvgIpc) is 3.22. The van der Waals surface area contributed by atoms with Crippen LogP contribution in [0.1, 0.15) is 24.8 Å². The molecular formula is C17H19FN2O4. The predicted molar refractivity (Wildman–Crippen MR) is 83.1 cm³/mol. The van der Waals surface area contributed by atoms with Gasteiger partial charge in [0.15, 0.2) is 0 Å². The van der Waals surface area contributed by atoms with Gasteiger partial charge in [0.2, 0.25) is 5.91 Å². The molecule has 2 saturated heterocycles. The van der Waals surface area contributed by atoms with Gasteiger partial charge in [0.25, 0.3) is 0 Å². The van der Waals surface area contributed by atoms with Gasteiger partial charge in [-0.05, 0) is 30.5 Å². The summed E-state index contributed by atoms with van der Waals surface area (Å²) >= 11 is 0. The summed E-state index contributed by atoms with van der Waals surface area (Å²) in [7, 11) is 1.88. The van der Waals surface area contributed by atoms with E-state index in [0.29, 0.717) is 19.6 Å². The van der Waals surface area contributed by atoms with Crippen molar-refractivity contribution in [1.82, 2.24) is 4.90 Å². The van der Waals surface area contributed by atoms with Gasteiger partial charge in [0.05, 0.1) is 13.2 Å². The maximum atomic E-state index is 13.6. The lowest BCUT2D eigenvalue weighted by Crippen LogP contribution is -2.41. The number of anilines is 1. The molecular weight excluding hydrogens is 315 g/mol. The number of ether oxygens (including phenoxy) is 2. The van der Waals surface area contributed by atoms with Gasteiger partial charge in [-0.2, -0.15) is 0 Å². The maximum absolute atomic E-state index is 13.6. The van der Waals surface area contributed by atoms with Crippen LogP contribution < -0.4 is 4.90 Å². The lowest BCUT2D eigenvalue weighted by molar-refractivity contribution is -0.128. The number of fused-ring (bicyclic) bond motifs is 3. The van der Waals surface area contributed by atoms with E-state index in [1.165, 1.54) is 12.1 Å². The number of amides is 2. The minimum atomic E-state index is -0.567. The molecule has 6 nitrogen and oxygen atoms in total. The van der Waals surface area contributed by atoms with Crippen LogP contribution in [0.3, 0.4) is 0 Å². The summed E-state index contributed by atoms with van der Waals surface area (Å²) in [5, 5.41) is 0. The number of benzene rings is 1. The molecule has 0 spiro atoms. The monoisotopic (exact) mass is 334 g/mol. The van der Waals surface area contributed by atoms with Gasteiger partial charge in [-0.1, -0.05) is 6.07 Å². The highest BCUT2D eigenvalue weighted by Gasteiger charge is 2.54. The standard InChI is InChI=1S/C17H19FN2O4/c1-19-13-10-11(18)2-3-12(13)17(6-8-23-15(17)19)5-4-14(21)20-7-9-24-16(20)22/h2-3,10,15H,4-9H2,1H3. The van der Waals surface area contributed by atoms with Crippen LogP contribution in [-0.4, -0.2) is 49.9 Å². The lowest BCUT2D eigenvalue weighted by Gasteiger charge is -2.30. The van der Waals surface area contributed by atoms with Crippen molar-refractivity contribution in [2.45, 2.75) is 30.9 Å². The highest BCUT2D eigenvalue weighted by atomic mass is 19.1. The van der Waals surface area contributed by atoms with Gasteiger partial charge >= 0.3 is 6.09 Å². The van der Waals surface area contributed by atoms with E-state index in [9.17, 15) is 14.0 Å². The van der Waals surface area contributed by atoms with E-state index in [1.807, 2.05) is 11.9 Å². The van der Waals surface area contributed by atoms with E-state index < -0.39 is 6.09 Å². The van der Waals surface area contributed by atoms with E-state index in [1.54, 1.807) is 6.07 Å². The highest BCUT2D eigenvalue weighted by Crippen LogP contribution is 2.53. The Morgan fingerprint density at radius 3 is 3.00 bits per heavy atom. The quantitative estimate of drug-likeness (QED) is 0.846. The van der Waals surface area contributed by atoms with Crippen LogP contribution in [0.15, 0.2) is 18.2 Å². The Kier molecular flexibility index (Phi) is 3.49. The molecule has 0 bridgehead atoms. The maximum Gasteiger partial charge on any atom is 0.416 e. The van der Waals surface area contributed by atoms with E-state index in [-0.39, 0.29) is 36.4 Å². The van der Waals surface area contributed by atoms with Crippen LogP contribution in [0.4, 0.5) is 14.9 Å². The van der Waals surface area contributed by atoms with Crippen LogP contribution in [0.5, 0.6) is 0 Å². The first kappa shape index (κ1) is 15.4. The van der Waals surface area contributed by atoms with Crippen molar-refractivity contribution in [1.29, 1.82) is 0 Å². The molecule has 3 aliphatic rings. The van der Waals surface area contributed by atoms with Gasteiger partial charge in [0, 0.05) is 24.6 Å². The molecule has 0 radical (unpaired) electrons. The number of carbonyl (C=O) groups is 2. The zero-order valence-corrected chi connectivity index (χ0v) is 13.5. The van der Waals surface area contributed by atoms with Crippen molar-refractivity contribution in [3.8, 4) is 0 Å². The second kappa shape index (κ2) is 5.44. The van der Waals surface area contributed by atoms with Gasteiger partial charge in [-0.15, -0.1) is 0 Å². The lowest BCUT2D eigenvalue weighted by atomic mass is 9.75. The summed E-state index contributed by atoms with van der Waals surface area (Å²) in [6.07, 6.45) is 0.802. The van der Waals surface area contributed by atoms with E-state index in [4.69, 9.17) is 9.47 Å². The van der Waals surface area contributed by atoms with Crippen molar-refractivity contribution in [3.05, 3.63) is 29.6 Å². The summed E-state index contributed by atoms with van der Waals surface area (Å²) in [5.41, 5.74) is 1.50. The second-order valence-electron chi connectivity index (χ2n) is 6.56. The number of hydrogen-bond acceptors (Lipinski definition) is 5. The minimum Gasteiger partial charge on any atom is -0.447 e. The molecule has 2 unspecified atom stereocenters. The molecule has 2 fully saturated rings. The summed E-state index contributed by atoms with van der Waals surface area (Å²) in [4.78, 5) is 27.0. The molecule has 2 amide bonds. The van der Waals surface area contributed by atoms with Crippen LogP contribution >= 0.6 is 0 Å². The van der Waals surface area contributed by atoms with Gasteiger partial charge in [0.1, 0.15) is 18.7 Å². The molecule has 4 rings (SSSR count). The third-order valence-electron chi connectivity index (χ3n) is 5.37. The Labute approximate surface area is 139 Å². The molecule has 0 aliphatic carbocycles. The molecule has 1 aromatic carbocycles. The molecule has 0 aromatic heterocycles. The molecule has 24 heavy (non-hydrogen) atoms.